The third kappa shape index (κ3) is 7.62. The number of aromatic amines is 1. The van der Waals surface area contributed by atoms with Crippen molar-refractivity contribution in [3.05, 3.63) is 18.2 Å². The molecule has 0 aliphatic heterocycles. The Kier molecular flexibility index (Phi) is 6.56. The fraction of sp³-hybridized carbons (Fsp3) is 0.714. The van der Waals surface area contributed by atoms with Gasteiger partial charge in [-0.3, -0.25) is 9.63 Å². The molecule has 0 aliphatic carbocycles. The zero-order chi connectivity index (χ0) is 14.1. The molecule has 1 aromatic rings. The molecule has 0 radical (unpaired) electrons. The summed E-state index contributed by atoms with van der Waals surface area (Å²) in [6, 6.07) is 0. The molecule has 0 aliphatic rings. The van der Waals surface area contributed by atoms with Gasteiger partial charge in [-0.2, -0.15) is 0 Å². The normalized spacial score (nSPS) is 11.5. The van der Waals surface area contributed by atoms with Crippen LogP contribution in [-0.4, -0.2) is 33.6 Å². The first-order valence-electron chi connectivity index (χ1n) is 6.90. The van der Waals surface area contributed by atoms with Crippen molar-refractivity contribution in [3.8, 4) is 0 Å². The first-order chi connectivity index (χ1) is 9.01. The quantitative estimate of drug-likeness (QED) is 0.425. The molecule has 1 rings (SSSR count). The molecular formula is C14H25N3O2. The SMILES string of the molecule is CC(C)(C)ON(C=O)CCCCCCc1ncc[nH]1. The summed E-state index contributed by atoms with van der Waals surface area (Å²) in [5.41, 5.74) is -0.319. The van der Waals surface area contributed by atoms with Crippen LogP contribution in [0.1, 0.15) is 52.3 Å². The van der Waals surface area contributed by atoms with Gasteiger partial charge < -0.3 is 4.98 Å². The maximum atomic E-state index is 10.8. The number of nitrogens with one attached hydrogen (secondary N) is 1. The summed E-state index contributed by atoms with van der Waals surface area (Å²) < 4.78 is 0. The molecule has 0 fully saturated rings. The summed E-state index contributed by atoms with van der Waals surface area (Å²) in [5, 5.41) is 1.40. The Morgan fingerprint density at radius 1 is 1.32 bits per heavy atom. The minimum Gasteiger partial charge on any atom is -0.349 e. The number of aromatic nitrogens is 2. The van der Waals surface area contributed by atoms with Crippen LogP contribution in [-0.2, 0) is 16.1 Å². The Balaban J connectivity index is 2.04. The van der Waals surface area contributed by atoms with Crippen LogP contribution in [0.2, 0.25) is 0 Å². The van der Waals surface area contributed by atoms with E-state index in [1.54, 1.807) is 6.20 Å². The van der Waals surface area contributed by atoms with Gasteiger partial charge in [0.15, 0.2) is 0 Å². The Bertz CT molecular complexity index is 344. The lowest BCUT2D eigenvalue weighted by atomic mass is 10.1. The minimum atomic E-state index is -0.319. The number of hydrogen-bond donors (Lipinski definition) is 1. The molecule has 1 amide bonds. The van der Waals surface area contributed by atoms with E-state index < -0.39 is 0 Å². The predicted molar refractivity (Wildman–Crippen MR) is 74.4 cm³/mol. The van der Waals surface area contributed by atoms with Crippen LogP contribution in [0, 0.1) is 0 Å². The maximum Gasteiger partial charge on any atom is 0.233 e. The topological polar surface area (TPSA) is 58.2 Å². The number of H-pyrrole nitrogens is 1. The highest BCUT2D eigenvalue weighted by atomic mass is 16.7. The predicted octanol–water partition coefficient (Wildman–Crippen LogP) is 2.70. The molecule has 1 heterocycles. The molecule has 5 nitrogen and oxygen atoms in total. The maximum absolute atomic E-state index is 10.8. The van der Waals surface area contributed by atoms with E-state index in [0.29, 0.717) is 6.54 Å². The van der Waals surface area contributed by atoms with E-state index in [4.69, 9.17) is 4.84 Å². The Hall–Kier alpha value is -1.36. The Labute approximate surface area is 115 Å². The second-order valence-electron chi connectivity index (χ2n) is 5.65. The van der Waals surface area contributed by atoms with Gasteiger partial charge in [0.25, 0.3) is 0 Å². The monoisotopic (exact) mass is 267 g/mol. The largest absolute Gasteiger partial charge is 0.349 e. The molecular weight excluding hydrogens is 242 g/mol. The Morgan fingerprint density at radius 3 is 2.63 bits per heavy atom. The third-order valence-corrected chi connectivity index (χ3v) is 2.61. The number of carbonyl (C=O) groups is 1. The highest BCUT2D eigenvalue weighted by Crippen LogP contribution is 2.10. The average molecular weight is 267 g/mol. The molecule has 0 saturated carbocycles. The van der Waals surface area contributed by atoms with Crippen molar-refractivity contribution in [2.24, 2.45) is 0 Å². The number of amides is 1. The van der Waals surface area contributed by atoms with Crippen molar-refractivity contribution in [2.45, 2.75) is 58.5 Å². The van der Waals surface area contributed by atoms with Crippen molar-refractivity contribution in [3.63, 3.8) is 0 Å². The summed E-state index contributed by atoms with van der Waals surface area (Å²) in [5.74, 6) is 1.05. The van der Waals surface area contributed by atoms with Gasteiger partial charge in [-0.15, -0.1) is 0 Å². The van der Waals surface area contributed by atoms with Gasteiger partial charge in [0, 0.05) is 25.4 Å². The van der Waals surface area contributed by atoms with Crippen molar-refractivity contribution >= 4 is 6.41 Å². The van der Waals surface area contributed by atoms with Crippen LogP contribution in [0.25, 0.3) is 0 Å². The number of unbranched alkanes of at least 4 members (excludes halogenated alkanes) is 3. The standard InChI is InChI=1S/C14H25N3O2/c1-14(2,3)19-17(12-18)11-7-5-4-6-8-13-15-9-10-16-13/h9-10,12H,4-8,11H2,1-3H3,(H,15,16). The van der Waals surface area contributed by atoms with Gasteiger partial charge in [-0.1, -0.05) is 12.8 Å². The number of nitrogens with zero attached hydrogens (tertiary/aromatic N) is 2. The molecule has 1 N–H and O–H groups in total. The van der Waals surface area contributed by atoms with E-state index in [1.165, 1.54) is 5.06 Å². The van der Waals surface area contributed by atoms with Crippen molar-refractivity contribution in [1.82, 2.24) is 15.0 Å². The molecule has 108 valence electrons. The number of carbonyl (C=O) groups excluding carboxylic acids is 1. The lowest BCUT2D eigenvalue weighted by molar-refractivity contribution is -0.216. The molecule has 19 heavy (non-hydrogen) atoms. The van der Waals surface area contributed by atoms with E-state index in [2.05, 4.69) is 9.97 Å². The lowest BCUT2D eigenvalue weighted by Crippen LogP contribution is -2.33. The van der Waals surface area contributed by atoms with Gasteiger partial charge in [-0.05, 0) is 33.6 Å². The van der Waals surface area contributed by atoms with Crippen molar-refractivity contribution in [1.29, 1.82) is 0 Å². The zero-order valence-electron chi connectivity index (χ0n) is 12.2. The van der Waals surface area contributed by atoms with Crippen LogP contribution in [0.3, 0.4) is 0 Å². The lowest BCUT2D eigenvalue weighted by Gasteiger charge is -2.26. The molecule has 0 spiro atoms. The molecule has 0 atom stereocenters. The van der Waals surface area contributed by atoms with E-state index >= 15 is 0 Å². The molecule has 5 heteroatoms. The van der Waals surface area contributed by atoms with Crippen molar-refractivity contribution in [2.75, 3.05) is 6.54 Å². The van der Waals surface area contributed by atoms with E-state index in [1.807, 2.05) is 27.0 Å². The fourth-order valence-corrected chi connectivity index (χ4v) is 1.82. The highest BCUT2D eigenvalue weighted by molar-refractivity contribution is 5.44. The number of rotatable bonds is 9. The first-order valence-corrected chi connectivity index (χ1v) is 6.90. The summed E-state index contributed by atoms with van der Waals surface area (Å²) >= 11 is 0. The smallest absolute Gasteiger partial charge is 0.233 e. The third-order valence-electron chi connectivity index (χ3n) is 2.61. The number of hydroxylamine groups is 2. The summed E-state index contributed by atoms with van der Waals surface area (Å²) in [6.07, 6.45) is 9.70. The van der Waals surface area contributed by atoms with Crippen LogP contribution >= 0.6 is 0 Å². The van der Waals surface area contributed by atoms with Gasteiger partial charge in [0.2, 0.25) is 6.41 Å². The van der Waals surface area contributed by atoms with E-state index in [-0.39, 0.29) is 5.60 Å². The average Bonchev–Trinajstić information content (AvgIpc) is 2.83. The number of imidazole rings is 1. The minimum absolute atomic E-state index is 0.319. The van der Waals surface area contributed by atoms with Gasteiger partial charge in [0.05, 0.1) is 5.60 Å². The number of aryl methyl sites for hydroxylation is 1. The summed E-state index contributed by atoms with van der Waals surface area (Å²) in [6.45, 7) is 6.47. The Morgan fingerprint density at radius 2 is 2.05 bits per heavy atom. The summed E-state index contributed by atoms with van der Waals surface area (Å²) in [4.78, 5) is 23.6. The van der Waals surface area contributed by atoms with Crippen molar-refractivity contribution < 1.29 is 9.63 Å². The molecule has 0 unspecified atom stereocenters. The zero-order valence-corrected chi connectivity index (χ0v) is 12.2. The molecule has 0 bridgehead atoms. The molecule has 0 saturated heterocycles. The molecule has 1 aromatic heterocycles. The van der Waals surface area contributed by atoms with Gasteiger partial charge in [0.1, 0.15) is 5.82 Å². The van der Waals surface area contributed by atoms with Crippen LogP contribution in [0.15, 0.2) is 12.4 Å². The second-order valence-corrected chi connectivity index (χ2v) is 5.65. The first kappa shape index (κ1) is 15.7. The fourth-order valence-electron chi connectivity index (χ4n) is 1.82. The summed E-state index contributed by atoms with van der Waals surface area (Å²) in [7, 11) is 0. The van der Waals surface area contributed by atoms with Crippen LogP contribution < -0.4 is 0 Å². The van der Waals surface area contributed by atoms with Gasteiger partial charge >= 0.3 is 0 Å². The van der Waals surface area contributed by atoms with Crippen LogP contribution in [0.4, 0.5) is 0 Å². The highest BCUT2D eigenvalue weighted by Gasteiger charge is 2.15. The van der Waals surface area contributed by atoms with Gasteiger partial charge in [-0.25, -0.2) is 10.0 Å². The van der Waals surface area contributed by atoms with Crippen LogP contribution in [0.5, 0.6) is 0 Å². The second kappa shape index (κ2) is 7.94. The van der Waals surface area contributed by atoms with E-state index in [9.17, 15) is 4.79 Å². The van der Waals surface area contributed by atoms with E-state index in [0.717, 1.165) is 44.3 Å². The molecule has 0 aromatic carbocycles. The number of hydrogen-bond acceptors (Lipinski definition) is 3.